The van der Waals surface area contributed by atoms with Crippen LogP contribution in [0.25, 0.3) is 16.3 Å². The minimum Gasteiger partial charge on any atom is -0.383 e. The van der Waals surface area contributed by atoms with Crippen LogP contribution in [0, 0.1) is 0 Å². The lowest BCUT2D eigenvalue weighted by Crippen LogP contribution is -2.34. The third-order valence-corrected chi connectivity index (χ3v) is 5.40. The maximum atomic E-state index is 13.1. The summed E-state index contributed by atoms with van der Waals surface area (Å²) in [5.41, 5.74) is 3.07. The number of benzene rings is 1. The van der Waals surface area contributed by atoms with E-state index >= 15 is 0 Å². The summed E-state index contributed by atoms with van der Waals surface area (Å²) in [6.07, 6.45) is 5.40. The normalized spacial score (nSPS) is 10.8. The molecule has 0 radical (unpaired) electrons. The fourth-order valence-electron chi connectivity index (χ4n) is 2.96. The zero-order chi connectivity index (χ0) is 20.8. The van der Waals surface area contributed by atoms with Crippen molar-refractivity contribution in [2.45, 2.75) is 6.54 Å². The van der Waals surface area contributed by atoms with Crippen molar-refractivity contribution in [3.8, 4) is 16.3 Å². The van der Waals surface area contributed by atoms with Gasteiger partial charge in [-0.2, -0.15) is 5.10 Å². The van der Waals surface area contributed by atoms with Crippen molar-refractivity contribution in [1.82, 2.24) is 24.6 Å². The number of aromatic nitrogens is 4. The molecule has 0 unspecified atom stereocenters. The molecule has 1 amide bonds. The van der Waals surface area contributed by atoms with Crippen molar-refractivity contribution in [3.05, 3.63) is 83.9 Å². The topological polar surface area (TPSA) is 73.1 Å². The smallest absolute Gasteiger partial charge is 0.273 e. The van der Waals surface area contributed by atoms with Gasteiger partial charge in [0.1, 0.15) is 10.7 Å². The van der Waals surface area contributed by atoms with Gasteiger partial charge in [-0.3, -0.25) is 9.78 Å². The number of methoxy groups -OCH3 is 1. The van der Waals surface area contributed by atoms with Crippen LogP contribution in [0.5, 0.6) is 0 Å². The van der Waals surface area contributed by atoms with Crippen molar-refractivity contribution in [1.29, 1.82) is 0 Å². The Labute approximate surface area is 178 Å². The fraction of sp³-hybridized carbons (Fsp3) is 0.182. The van der Waals surface area contributed by atoms with Crippen LogP contribution in [-0.4, -0.2) is 50.8 Å². The molecule has 152 valence electrons. The van der Waals surface area contributed by atoms with Crippen LogP contribution in [0.1, 0.15) is 16.2 Å². The summed E-state index contributed by atoms with van der Waals surface area (Å²) in [7, 11) is 1.62. The summed E-state index contributed by atoms with van der Waals surface area (Å²) < 4.78 is 6.97. The second-order valence-corrected chi connectivity index (χ2v) is 7.45. The van der Waals surface area contributed by atoms with Crippen molar-refractivity contribution in [2.75, 3.05) is 20.3 Å². The highest BCUT2D eigenvalue weighted by Gasteiger charge is 2.20. The van der Waals surface area contributed by atoms with E-state index in [2.05, 4.69) is 15.1 Å². The molecule has 8 heteroatoms. The predicted octanol–water partition coefficient (Wildman–Crippen LogP) is 3.68. The Hall–Kier alpha value is -3.36. The molecule has 1 aromatic carbocycles. The number of rotatable bonds is 8. The standard InChI is InChI=1S/C22H21N5O2S/c1-29-12-11-26(15-18-7-5-6-10-23-18)22(28)20-16-30-21(25-20)17-13-24-27(14-17)19-8-3-2-4-9-19/h2-10,13-14,16H,11-12,15H2,1H3. The highest BCUT2D eigenvalue weighted by atomic mass is 32.1. The number of carbonyl (C=O) groups is 1. The Morgan fingerprint density at radius 3 is 2.77 bits per heavy atom. The van der Waals surface area contributed by atoms with Crippen LogP contribution >= 0.6 is 11.3 Å². The number of para-hydroxylation sites is 1. The average molecular weight is 420 g/mol. The first-order valence-electron chi connectivity index (χ1n) is 9.48. The first-order valence-corrected chi connectivity index (χ1v) is 10.4. The fourth-order valence-corrected chi connectivity index (χ4v) is 3.73. The summed E-state index contributed by atoms with van der Waals surface area (Å²) in [6.45, 7) is 1.31. The molecular weight excluding hydrogens is 398 g/mol. The van der Waals surface area contributed by atoms with Crippen molar-refractivity contribution < 1.29 is 9.53 Å². The molecule has 0 atom stereocenters. The summed E-state index contributed by atoms with van der Waals surface area (Å²) >= 11 is 1.43. The Balaban J connectivity index is 1.53. The highest BCUT2D eigenvalue weighted by molar-refractivity contribution is 7.13. The molecule has 0 bridgehead atoms. The van der Waals surface area contributed by atoms with Crippen LogP contribution in [0.15, 0.2) is 72.5 Å². The number of hydrogen-bond acceptors (Lipinski definition) is 6. The largest absolute Gasteiger partial charge is 0.383 e. The van der Waals surface area contributed by atoms with Crippen LogP contribution in [0.3, 0.4) is 0 Å². The summed E-state index contributed by atoms with van der Waals surface area (Å²) in [5, 5.41) is 6.95. The Kier molecular flexibility index (Phi) is 6.26. The van der Waals surface area contributed by atoms with Crippen LogP contribution in [0.2, 0.25) is 0 Å². The second-order valence-electron chi connectivity index (χ2n) is 6.59. The Bertz CT molecular complexity index is 1090. The molecule has 0 aliphatic rings. The highest BCUT2D eigenvalue weighted by Crippen LogP contribution is 2.25. The minimum atomic E-state index is -0.143. The zero-order valence-electron chi connectivity index (χ0n) is 16.5. The molecule has 0 saturated carbocycles. The molecule has 30 heavy (non-hydrogen) atoms. The number of nitrogens with zero attached hydrogens (tertiary/aromatic N) is 5. The number of carbonyl (C=O) groups excluding carboxylic acids is 1. The number of thiazole rings is 1. The molecule has 0 N–H and O–H groups in total. The van der Waals surface area contributed by atoms with Gasteiger partial charge in [0.2, 0.25) is 0 Å². The molecule has 4 rings (SSSR count). The first-order chi connectivity index (χ1) is 14.7. The Morgan fingerprint density at radius 2 is 2.00 bits per heavy atom. The molecule has 7 nitrogen and oxygen atoms in total. The van der Waals surface area contributed by atoms with E-state index in [-0.39, 0.29) is 5.91 Å². The van der Waals surface area contributed by atoms with E-state index in [0.29, 0.717) is 25.4 Å². The summed E-state index contributed by atoms with van der Waals surface area (Å²) in [4.78, 5) is 23.7. The van der Waals surface area contributed by atoms with Crippen molar-refractivity contribution in [2.24, 2.45) is 0 Å². The van der Waals surface area contributed by atoms with Gasteiger partial charge >= 0.3 is 0 Å². The van der Waals surface area contributed by atoms with E-state index < -0.39 is 0 Å². The quantitative estimate of drug-likeness (QED) is 0.436. The van der Waals surface area contributed by atoms with E-state index in [4.69, 9.17) is 4.74 Å². The lowest BCUT2D eigenvalue weighted by Gasteiger charge is -2.21. The van der Waals surface area contributed by atoms with Crippen molar-refractivity contribution in [3.63, 3.8) is 0 Å². The lowest BCUT2D eigenvalue weighted by atomic mass is 10.3. The number of hydrogen-bond donors (Lipinski definition) is 0. The van der Waals surface area contributed by atoms with Gasteiger partial charge in [0.25, 0.3) is 5.91 Å². The van der Waals surface area contributed by atoms with E-state index in [1.165, 1.54) is 11.3 Å². The average Bonchev–Trinajstić information content (AvgIpc) is 3.47. The SMILES string of the molecule is COCCN(Cc1ccccn1)C(=O)c1csc(-c2cnn(-c3ccccc3)c2)n1. The first kappa shape index (κ1) is 19.9. The number of pyridine rings is 1. The number of ether oxygens (including phenoxy) is 1. The maximum Gasteiger partial charge on any atom is 0.273 e. The van der Waals surface area contributed by atoms with Gasteiger partial charge in [-0.05, 0) is 24.3 Å². The van der Waals surface area contributed by atoms with Gasteiger partial charge in [0.05, 0.1) is 30.7 Å². The van der Waals surface area contributed by atoms with Gasteiger partial charge in [0.15, 0.2) is 0 Å². The zero-order valence-corrected chi connectivity index (χ0v) is 17.3. The molecule has 0 aliphatic carbocycles. The molecular formula is C22H21N5O2S. The summed E-state index contributed by atoms with van der Waals surface area (Å²) in [5.74, 6) is -0.143. The third-order valence-electron chi connectivity index (χ3n) is 4.51. The molecule has 0 saturated heterocycles. The molecule has 4 aromatic rings. The van der Waals surface area contributed by atoms with E-state index in [1.54, 1.807) is 34.5 Å². The van der Waals surface area contributed by atoms with Gasteiger partial charge in [-0.15, -0.1) is 11.3 Å². The minimum absolute atomic E-state index is 0.143. The maximum absolute atomic E-state index is 13.1. The molecule has 3 aromatic heterocycles. The lowest BCUT2D eigenvalue weighted by molar-refractivity contribution is 0.0673. The summed E-state index contributed by atoms with van der Waals surface area (Å²) in [6, 6.07) is 15.5. The second kappa shape index (κ2) is 9.43. The van der Waals surface area contributed by atoms with Crippen LogP contribution in [-0.2, 0) is 11.3 Å². The van der Waals surface area contributed by atoms with Gasteiger partial charge in [0, 0.05) is 37.0 Å². The van der Waals surface area contributed by atoms with Gasteiger partial charge in [-0.25, -0.2) is 9.67 Å². The van der Waals surface area contributed by atoms with E-state index in [0.717, 1.165) is 22.0 Å². The molecule has 3 heterocycles. The predicted molar refractivity (Wildman–Crippen MR) is 116 cm³/mol. The number of amides is 1. The molecule has 0 aliphatic heterocycles. The van der Waals surface area contributed by atoms with E-state index in [1.807, 2.05) is 54.7 Å². The van der Waals surface area contributed by atoms with E-state index in [9.17, 15) is 4.79 Å². The molecule has 0 fully saturated rings. The van der Waals surface area contributed by atoms with Crippen LogP contribution < -0.4 is 0 Å². The van der Waals surface area contributed by atoms with Crippen LogP contribution in [0.4, 0.5) is 0 Å². The van der Waals surface area contributed by atoms with Gasteiger partial charge in [-0.1, -0.05) is 24.3 Å². The molecule has 0 spiro atoms. The monoisotopic (exact) mass is 419 g/mol. The Morgan fingerprint density at radius 1 is 1.17 bits per heavy atom. The van der Waals surface area contributed by atoms with Crippen molar-refractivity contribution >= 4 is 17.2 Å². The third kappa shape index (κ3) is 4.61. The van der Waals surface area contributed by atoms with Gasteiger partial charge < -0.3 is 9.64 Å².